The molecule has 2 fully saturated rings. The number of methoxy groups -OCH3 is 2. The maximum Gasteiger partial charge on any atom is 0.238 e. The van der Waals surface area contributed by atoms with Gasteiger partial charge in [0.1, 0.15) is 11.5 Å². The van der Waals surface area contributed by atoms with Crippen molar-refractivity contribution < 1.29 is 19.1 Å². The number of benzene rings is 2. The Morgan fingerprint density at radius 2 is 1.91 bits per heavy atom. The Labute approximate surface area is 197 Å². The monoisotopic (exact) mass is 473 g/mol. The summed E-state index contributed by atoms with van der Waals surface area (Å²) < 4.78 is 10.3. The number of amides is 2. The Morgan fingerprint density at radius 1 is 1.16 bits per heavy atom. The second kappa shape index (κ2) is 9.34. The quantitative estimate of drug-likeness (QED) is 0.639. The number of ether oxygens (including phenoxy) is 2. The van der Waals surface area contributed by atoms with E-state index in [0.29, 0.717) is 52.3 Å². The molecule has 1 aliphatic heterocycles. The number of hydrogen-bond donors (Lipinski definition) is 2. The first kappa shape index (κ1) is 22.4. The van der Waals surface area contributed by atoms with Gasteiger partial charge in [-0.2, -0.15) is 0 Å². The number of carbonyl (C=O) groups is 2. The van der Waals surface area contributed by atoms with Gasteiger partial charge in [-0.1, -0.05) is 11.6 Å². The van der Waals surface area contributed by atoms with Crippen LogP contribution in [-0.4, -0.2) is 37.2 Å². The normalized spacial score (nSPS) is 22.6. The average Bonchev–Trinajstić information content (AvgIpc) is 2.79. The van der Waals surface area contributed by atoms with Crippen molar-refractivity contribution in [2.75, 3.05) is 24.4 Å². The van der Waals surface area contributed by atoms with Gasteiger partial charge < -0.3 is 20.1 Å². The van der Waals surface area contributed by atoms with Gasteiger partial charge in [-0.05, 0) is 73.9 Å². The highest BCUT2D eigenvalue weighted by Gasteiger charge is 2.44. The van der Waals surface area contributed by atoms with Gasteiger partial charge in [-0.15, -0.1) is 0 Å². The number of halogens is 1. The average molecular weight is 474 g/mol. The van der Waals surface area contributed by atoms with Crippen molar-refractivity contribution in [3.8, 4) is 11.5 Å². The molecule has 1 aliphatic carbocycles. The summed E-state index contributed by atoms with van der Waals surface area (Å²) in [4.78, 5) is 27.6. The van der Waals surface area contributed by atoms with Crippen LogP contribution < -0.4 is 25.0 Å². The zero-order valence-electron chi connectivity index (χ0n) is 17.8. The molecule has 2 aromatic rings. The van der Waals surface area contributed by atoms with Gasteiger partial charge in [0.15, 0.2) is 5.11 Å². The van der Waals surface area contributed by atoms with Crippen LogP contribution in [-0.2, 0) is 9.59 Å². The molecule has 0 bridgehead atoms. The number of thiocarbonyl (C=S) groups is 1. The van der Waals surface area contributed by atoms with E-state index in [1.54, 1.807) is 37.4 Å². The lowest BCUT2D eigenvalue weighted by molar-refractivity contribution is -0.127. The van der Waals surface area contributed by atoms with Crippen LogP contribution in [0.3, 0.4) is 0 Å². The molecule has 1 heterocycles. The summed E-state index contributed by atoms with van der Waals surface area (Å²) in [5.74, 6) is 0.660. The van der Waals surface area contributed by atoms with Crippen molar-refractivity contribution in [1.29, 1.82) is 0 Å². The third-order valence-corrected chi connectivity index (χ3v) is 6.62. The molecule has 2 aliphatic rings. The Bertz CT molecular complexity index is 1050. The number of fused-ring (bicyclic) bond motifs is 1. The highest BCUT2D eigenvalue weighted by molar-refractivity contribution is 7.80. The third kappa shape index (κ3) is 4.38. The van der Waals surface area contributed by atoms with Crippen LogP contribution in [0.5, 0.6) is 11.5 Å². The summed E-state index contributed by atoms with van der Waals surface area (Å²) in [5, 5.41) is 6.99. The molecule has 32 heavy (non-hydrogen) atoms. The second-order valence-electron chi connectivity index (χ2n) is 7.88. The molecule has 1 saturated carbocycles. The predicted octanol–water partition coefficient (Wildman–Crippen LogP) is 4.00. The van der Waals surface area contributed by atoms with Crippen LogP contribution in [0.2, 0.25) is 5.02 Å². The molecular formula is C23H24ClN3O4S. The standard InChI is InChI=1S/C23H24ClN3O4S/c1-30-16-7-5-15(6-8-16)27-22(29)17-9-3-13(11-19(17)26-23(27)32)21(28)25-14-4-10-20(31-2)18(24)12-14/h4-8,10,12-13,17,19H,3,9,11H2,1-2H3,(H,25,28)(H,26,32). The minimum absolute atomic E-state index is 0.0373. The zero-order valence-corrected chi connectivity index (χ0v) is 19.3. The third-order valence-electron chi connectivity index (χ3n) is 6.02. The predicted molar refractivity (Wildman–Crippen MR) is 127 cm³/mol. The number of nitrogens with one attached hydrogen (secondary N) is 2. The first-order valence-electron chi connectivity index (χ1n) is 10.3. The Hall–Kier alpha value is -2.84. The molecule has 2 aromatic carbocycles. The molecule has 168 valence electrons. The number of carbonyl (C=O) groups excluding carboxylic acids is 2. The Kier molecular flexibility index (Phi) is 6.53. The molecule has 2 amide bonds. The van der Waals surface area contributed by atoms with E-state index in [9.17, 15) is 9.59 Å². The highest BCUT2D eigenvalue weighted by atomic mass is 35.5. The van der Waals surface area contributed by atoms with Gasteiger partial charge in [0.05, 0.1) is 30.8 Å². The lowest BCUT2D eigenvalue weighted by Gasteiger charge is -2.43. The van der Waals surface area contributed by atoms with Gasteiger partial charge in [0.25, 0.3) is 0 Å². The van der Waals surface area contributed by atoms with E-state index in [1.807, 2.05) is 12.1 Å². The second-order valence-corrected chi connectivity index (χ2v) is 8.68. The van der Waals surface area contributed by atoms with E-state index in [4.69, 9.17) is 33.3 Å². The summed E-state index contributed by atoms with van der Waals surface area (Å²) in [6.45, 7) is 0. The fraction of sp³-hybridized carbons (Fsp3) is 0.348. The van der Waals surface area contributed by atoms with E-state index < -0.39 is 0 Å². The van der Waals surface area contributed by atoms with E-state index in [1.165, 1.54) is 12.0 Å². The van der Waals surface area contributed by atoms with Crippen LogP contribution >= 0.6 is 23.8 Å². The Morgan fingerprint density at radius 3 is 2.56 bits per heavy atom. The van der Waals surface area contributed by atoms with Gasteiger partial charge >= 0.3 is 0 Å². The first-order valence-corrected chi connectivity index (χ1v) is 11.1. The number of nitrogens with zero attached hydrogens (tertiary/aromatic N) is 1. The lowest BCUT2D eigenvalue weighted by Crippen LogP contribution is -2.62. The minimum atomic E-state index is -0.233. The van der Waals surface area contributed by atoms with E-state index in [0.717, 1.165) is 0 Å². The highest BCUT2D eigenvalue weighted by Crippen LogP contribution is 2.36. The SMILES string of the molecule is COc1ccc(N2C(=O)C3CCC(C(=O)Nc4ccc(OC)c(Cl)c4)CC3NC2=S)cc1. The number of anilines is 2. The van der Waals surface area contributed by atoms with Crippen molar-refractivity contribution in [3.63, 3.8) is 0 Å². The molecule has 4 rings (SSSR count). The van der Waals surface area contributed by atoms with Crippen LogP contribution in [0.25, 0.3) is 0 Å². The minimum Gasteiger partial charge on any atom is -0.497 e. The molecule has 9 heteroatoms. The molecule has 0 spiro atoms. The number of rotatable bonds is 5. The molecule has 3 atom stereocenters. The summed E-state index contributed by atoms with van der Waals surface area (Å²) in [7, 11) is 3.13. The molecule has 1 saturated heterocycles. The smallest absolute Gasteiger partial charge is 0.238 e. The largest absolute Gasteiger partial charge is 0.497 e. The summed E-state index contributed by atoms with van der Waals surface area (Å²) >= 11 is 11.7. The van der Waals surface area contributed by atoms with Crippen molar-refractivity contribution in [2.24, 2.45) is 11.8 Å². The fourth-order valence-electron chi connectivity index (χ4n) is 4.32. The Balaban J connectivity index is 1.42. The lowest BCUT2D eigenvalue weighted by atomic mass is 9.76. The summed E-state index contributed by atoms with van der Waals surface area (Å²) in [6.07, 6.45) is 1.75. The van der Waals surface area contributed by atoms with Crippen LogP contribution in [0.15, 0.2) is 42.5 Å². The molecular weight excluding hydrogens is 450 g/mol. The molecule has 3 unspecified atom stereocenters. The van der Waals surface area contributed by atoms with Gasteiger partial charge in [0.2, 0.25) is 11.8 Å². The molecule has 0 aromatic heterocycles. The van der Waals surface area contributed by atoms with E-state index in [2.05, 4.69) is 10.6 Å². The van der Waals surface area contributed by atoms with Crippen LogP contribution in [0.4, 0.5) is 11.4 Å². The van der Waals surface area contributed by atoms with E-state index >= 15 is 0 Å². The van der Waals surface area contributed by atoms with Crippen molar-refractivity contribution in [2.45, 2.75) is 25.3 Å². The summed E-state index contributed by atoms with van der Waals surface area (Å²) in [5.41, 5.74) is 1.31. The maximum atomic E-state index is 13.2. The topological polar surface area (TPSA) is 79.9 Å². The fourth-order valence-corrected chi connectivity index (χ4v) is 4.92. The zero-order chi connectivity index (χ0) is 22.8. The van der Waals surface area contributed by atoms with Gasteiger partial charge in [-0.25, -0.2) is 0 Å². The van der Waals surface area contributed by atoms with Crippen molar-refractivity contribution in [3.05, 3.63) is 47.5 Å². The van der Waals surface area contributed by atoms with Crippen molar-refractivity contribution >= 4 is 52.1 Å². The van der Waals surface area contributed by atoms with Crippen molar-refractivity contribution in [1.82, 2.24) is 5.32 Å². The summed E-state index contributed by atoms with van der Waals surface area (Å²) in [6, 6.07) is 12.2. The molecule has 2 N–H and O–H groups in total. The molecule has 7 nitrogen and oxygen atoms in total. The number of hydrogen-bond acceptors (Lipinski definition) is 5. The van der Waals surface area contributed by atoms with Crippen LogP contribution in [0.1, 0.15) is 19.3 Å². The van der Waals surface area contributed by atoms with E-state index in [-0.39, 0.29) is 29.7 Å². The van der Waals surface area contributed by atoms with Gasteiger partial charge in [-0.3, -0.25) is 14.5 Å². The first-order chi connectivity index (χ1) is 15.4. The van der Waals surface area contributed by atoms with Gasteiger partial charge in [0, 0.05) is 17.6 Å². The molecule has 0 radical (unpaired) electrons. The maximum absolute atomic E-state index is 13.2. The van der Waals surface area contributed by atoms with Crippen LogP contribution in [0, 0.1) is 11.8 Å².